The highest BCUT2D eigenvalue weighted by molar-refractivity contribution is 7.11. The Labute approximate surface area is 188 Å². The molecular formula is C25H29N5S. The Morgan fingerprint density at radius 1 is 0.774 bits per heavy atom. The topological polar surface area (TPSA) is 45.2 Å². The van der Waals surface area contributed by atoms with Crippen LogP contribution in [0.25, 0.3) is 11.4 Å². The first-order chi connectivity index (χ1) is 15.3. The highest BCUT2D eigenvalue weighted by atomic mass is 32.1. The second kappa shape index (κ2) is 8.32. The first-order valence-electron chi connectivity index (χ1n) is 11.7. The van der Waals surface area contributed by atoms with Gasteiger partial charge in [-0.1, -0.05) is 30.3 Å². The number of benzene rings is 1. The van der Waals surface area contributed by atoms with Crippen molar-refractivity contribution in [2.75, 3.05) is 31.1 Å². The SMILES string of the molecule is c1ccc(-c2nc3c(c(N4CCN(Cc5nc6c(s5)CCCC6)CC4)n2)CCC3)cc1. The second-order valence-electron chi connectivity index (χ2n) is 8.96. The minimum absolute atomic E-state index is 0.882. The van der Waals surface area contributed by atoms with Gasteiger partial charge in [0.05, 0.1) is 12.2 Å². The van der Waals surface area contributed by atoms with Crippen LogP contribution in [0.1, 0.15) is 46.1 Å². The Morgan fingerprint density at radius 2 is 1.58 bits per heavy atom. The minimum atomic E-state index is 0.882. The van der Waals surface area contributed by atoms with E-state index in [0.717, 1.165) is 57.0 Å². The molecule has 0 N–H and O–H groups in total. The van der Waals surface area contributed by atoms with E-state index in [-0.39, 0.29) is 0 Å². The lowest BCUT2D eigenvalue weighted by molar-refractivity contribution is 0.248. The van der Waals surface area contributed by atoms with E-state index in [1.807, 2.05) is 11.3 Å². The summed E-state index contributed by atoms with van der Waals surface area (Å²) in [6, 6.07) is 10.4. The standard InChI is InChI=1S/C25H29N5S/c1-2-7-18(8-3-1)24-27-20-11-6-9-19(20)25(28-24)30-15-13-29(14-16-30)17-23-26-21-10-4-5-12-22(21)31-23/h1-3,7-8H,4-6,9-17H2. The third-order valence-corrected chi connectivity index (χ3v) is 8.01. The Hall–Kier alpha value is -2.31. The average molecular weight is 432 g/mol. The number of hydrogen-bond acceptors (Lipinski definition) is 6. The Bertz CT molecular complexity index is 1050. The largest absolute Gasteiger partial charge is 0.354 e. The molecule has 6 heteroatoms. The third kappa shape index (κ3) is 3.87. The lowest BCUT2D eigenvalue weighted by Gasteiger charge is -2.36. The van der Waals surface area contributed by atoms with E-state index in [0.29, 0.717) is 0 Å². The monoisotopic (exact) mass is 431 g/mol. The van der Waals surface area contributed by atoms with Gasteiger partial charge in [-0.05, 0) is 44.9 Å². The number of fused-ring (bicyclic) bond motifs is 2. The lowest BCUT2D eigenvalue weighted by Crippen LogP contribution is -2.46. The molecule has 160 valence electrons. The van der Waals surface area contributed by atoms with Crippen molar-refractivity contribution in [3.63, 3.8) is 0 Å². The highest BCUT2D eigenvalue weighted by Crippen LogP contribution is 2.32. The number of aryl methyl sites for hydroxylation is 3. The van der Waals surface area contributed by atoms with Gasteiger partial charge in [0.15, 0.2) is 5.82 Å². The summed E-state index contributed by atoms with van der Waals surface area (Å²) in [5.74, 6) is 2.07. The molecule has 31 heavy (non-hydrogen) atoms. The summed E-state index contributed by atoms with van der Waals surface area (Å²) < 4.78 is 0. The van der Waals surface area contributed by atoms with Gasteiger partial charge < -0.3 is 4.90 Å². The molecule has 1 fully saturated rings. The van der Waals surface area contributed by atoms with Crippen molar-refractivity contribution >= 4 is 17.2 Å². The van der Waals surface area contributed by atoms with E-state index in [1.54, 1.807) is 4.88 Å². The van der Waals surface area contributed by atoms with Crippen LogP contribution in [0, 0.1) is 0 Å². The molecule has 3 aliphatic rings. The maximum atomic E-state index is 5.08. The van der Waals surface area contributed by atoms with Gasteiger partial charge in [-0.15, -0.1) is 11.3 Å². The number of piperazine rings is 1. The molecule has 3 aromatic rings. The number of anilines is 1. The van der Waals surface area contributed by atoms with Crippen molar-refractivity contribution in [3.8, 4) is 11.4 Å². The Balaban J connectivity index is 1.18. The number of aromatic nitrogens is 3. The van der Waals surface area contributed by atoms with Crippen LogP contribution < -0.4 is 4.90 Å². The summed E-state index contributed by atoms with van der Waals surface area (Å²) in [5.41, 5.74) is 5.15. The van der Waals surface area contributed by atoms with Crippen molar-refractivity contribution < 1.29 is 0 Å². The zero-order valence-electron chi connectivity index (χ0n) is 18.0. The predicted molar refractivity (Wildman–Crippen MR) is 126 cm³/mol. The predicted octanol–water partition coefficient (Wildman–Crippen LogP) is 4.29. The van der Waals surface area contributed by atoms with E-state index in [4.69, 9.17) is 15.0 Å². The molecule has 0 radical (unpaired) electrons. The van der Waals surface area contributed by atoms with Gasteiger partial charge in [0, 0.05) is 47.9 Å². The molecule has 6 rings (SSSR count). The number of rotatable bonds is 4. The third-order valence-electron chi connectivity index (χ3n) is 6.86. The molecule has 1 saturated heterocycles. The first kappa shape index (κ1) is 19.4. The zero-order valence-corrected chi connectivity index (χ0v) is 18.8. The van der Waals surface area contributed by atoms with Crippen LogP contribution in [0.2, 0.25) is 0 Å². The summed E-state index contributed by atoms with van der Waals surface area (Å²) in [5, 5.41) is 1.31. The zero-order chi connectivity index (χ0) is 20.6. The average Bonchev–Trinajstić information content (AvgIpc) is 3.46. The quantitative estimate of drug-likeness (QED) is 0.617. The van der Waals surface area contributed by atoms with Gasteiger partial charge in [0.2, 0.25) is 0 Å². The maximum absolute atomic E-state index is 5.08. The fourth-order valence-electron chi connectivity index (χ4n) is 5.17. The highest BCUT2D eigenvalue weighted by Gasteiger charge is 2.26. The molecule has 2 aromatic heterocycles. The van der Waals surface area contributed by atoms with E-state index in [1.165, 1.54) is 59.9 Å². The Kier molecular flexibility index (Phi) is 5.20. The van der Waals surface area contributed by atoms with Crippen molar-refractivity contribution in [2.45, 2.75) is 51.5 Å². The fraction of sp³-hybridized carbons (Fsp3) is 0.480. The van der Waals surface area contributed by atoms with Crippen LogP contribution in [-0.2, 0) is 32.2 Å². The lowest BCUT2D eigenvalue weighted by atomic mass is 10.0. The molecule has 0 unspecified atom stereocenters. The van der Waals surface area contributed by atoms with Crippen LogP contribution in [0.5, 0.6) is 0 Å². The smallest absolute Gasteiger partial charge is 0.161 e. The normalized spacial score (nSPS) is 18.8. The molecule has 0 saturated carbocycles. The molecule has 0 atom stereocenters. The van der Waals surface area contributed by atoms with Crippen LogP contribution in [0.4, 0.5) is 5.82 Å². The fourth-order valence-corrected chi connectivity index (χ4v) is 6.37. The molecule has 0 spiro atoms. The van der Waals surface area contributed by atoms with Gasteiger partial charge in [-0.3, -0.25) is 4.90 Å². The van der Waals surface area contributed by atoms with Crippen molar-refractivity contribution in [1.29, 1.82) is 0 Å². The van der Waals surface area contributed by atoms with Crippen molar-refractivity contribution in [2.24, 2.45) is 0 Å². The van der Waals surface area contributed by atoms with E-state index in [9.17, 15) is 0 Å². The van der Waals surface area contributed by atoms with Gasteiger partial charge >= 0.3 is 0 Å². The summed E-state index contributed by atoms with van der Waals surface area (Å²) >= 11 is 1.96. The van der Waals surface area contributed by atoms with Gasteiger partial charge in [-0.2, -0.15) is 0 Å². The van der Waals surface area contributed by atoms with Crippen LogP contribution in [-0.4, -0.2) is 46.0 Å². The number of thiazole rings is 1. The van der Waals surface area contributed by atoms with Gasteiger partial charge in [-0.25, -0.2) is 15.0 Å². The summed E-state index contributed by atoms with van der Waals surface area (Å²) in [6.07, 6.45) is 8.46. The molecule has 0 bridgehead atoms. The van der Waals surface area contributed by atoms with Crippen LogP contribution in [0.3, 0.4) is 0 Å². The Morgan fingerprint density at radius 3 is 2.42 bits per heavy atom. The van der Waals surface area contributed by atoms with Gasteiger partial charge in [0.25, 0.3) is 0 Å². The molecule has 5 nitrogen and oxygen atoms in total. The van der Waals surface area contributed by atoms with Crippen LogP contribution >= 0.6 is 11.3 Å². The van der Waals surface area contributed by atoms with E-state index < -0.39 is 0 Å². The minimum Gasteiger partial charge on any atom is -0.354 e. The summed E-state index contributed by atoms with van der Waals surface area (Å²) in [7, 11) is 0. The first-order valence-corrected chi connectivity index (χ1v) is 12.5. The molecule has 1 aliphatic heterocycles. The molecular weight excluding hydrogens is 402 g/mol. The van der Waals surface area contributed by atoms with E-state index in [2.05, 4.69) is 40.1 Å². The molecule has 1 aromatic carbocycles. The second-order valence-corrected chi connectivity index (χ2v) is 10.1. The van der Waals surface area contributed by atoms with Gasteiger partial charge in [0.1, 0.15) is 10.8 Å². The molecule has 2 aliphatic carbocycles. The maximum Gasteiger partial charge on any atom is 0.161 e. The van der Waals surface area contributed by atoms with E-state index >= 15 is 0 Å². The van der Waals surface area contributed by atoms with Crippen molar-refractivity contribution in [3.05, 3.63) is 57.2 Å². The van der Waals surface area contributed by atoms with Crippen LogP contribution in [0.15, 0.2) is 30.3 Å². The molecule has 0 amide bonds. The molecule has 3 heterocycles. The van der Waals surface area contributed by atoms with Crippen molar-refractivity contribution in [1.82, 2.24) is 19.9 Å². The summed E-state index contributed by atoms with van der Waals surface area (Å²) in [4.78, 5) is 21.6. The summed E-state index contributed by atoms with van der Waals surface area (Å²) in [6.45, 7) is 5.21. The number of hydrogen-bond donors (Lipinski definition) is 0. The number of nitrogens with zero attached hydrogens (tertiary/aromatic N) is 5.